The molecule has 0 atom stereocenters. The van der Waals surface area contributed by atoms with Gasteiger partial charge in [0.25, 0.3) is 0 Å². The van der Waals surface area contributed by atoms with Crippen molar-refractivity contribution in [2.45, 2.75) is 20.8 Å². The largest absolute Gasteiger partial charge is 0.317 e. The maximum Gasteiger partial charge on any atom is 0.00929 e. The van der Waals surface area contributed by atoms with Gasteiger partial charge in [-0.3, -0.25) is 0 Å². The fourth-order valence-corrected chi connectivity index (χ4v) is 0. The van der Waals surface area contributed by atoms with E-state index in [2.05, 4.69) is 20.8 Å². The highest BCUT2D eigenvalue weighted by Gasteiger charge is 1.68. The van der Waals surface area contributed by atoms with Crippen LogP contribution in [0.25, 0.3) is 0 Å². The monoisotopic (exact) mass is 105 g/mol. The molecule has 0 saturated heterocycles. The fourth-order valence-electron chi connectivity index (χ4n) is 0. The normalized spacial score (nSPS) is 7.71. The van der Waals surface area contributed by atoms with Crippen LogP contribution in [-0.4, -0.2) is 12.3 Å². The highest BCUT2D eigenvalue weighted by atomic mass is 16.5. The van der Waals surface area contributed by atoms with E-state index in [1.54, 1.807) is 5.48 Å². The average molecular weight is 105 g/mol. The van der Waals surface area contributed by atoms with E-state index in [-0.39, 0.29) is 0 Å². The van der Waals surface area contributed by atoms with Gasteiger partial charge >= 0.3 is 0 Å². The summed E-state index contributed by atoms with van der Waals surface area (Å²) >= 11 is 0. The Morgan fingerprint density at radius 3 is 1.29 bits per heavy atom. The van der Waals surface area contributed by atoms with Crippen molar-refractivity contribution < 1.29 is 5.21 Å². The zero-order valence-electron chi connectivity index (χ0n) is 5.52. The lowest BCUT2D eigenvalue weighted by Gasteiger charge is -1.79. The van der Waals surface area contributed by atoms with E-state index in [0.717, 1.165) is 5.92 Å². The molecule has 0 aliphatic carbocycles. The quantitative estimate of drug-likeness (QED) is 0.454. The molecule has 2 heteroatoms. The van der Waals surface area contributed by atoms with Gasteiger partial charge in [-0.1, -0.05) is 20.8 Å². The molecule has 0 heterocycles. The molecule has 2 N–H and O–H groups in total. The molecule has 0 fully saturated rings. The van der Waals surface area contributed by atoms with Crippen LogP contribution in [0.2, 0.25) is 0 Å². The summed E-state index contributed by atoms with van der Waals surface area (Å²) in [5, 5.41) is 7.32. The Kier molecular flexibility index (Phi) is 13.3. The van der Waals surface area contributed by atoms with Crippen LogP contribution in [0.4, 0.5) is 0 Å². The number of hydrogen-bond donors (Lipinski definition) is 2. The number of rotatable bonds is 0. The molecule has 0 unspecified atom stereocenters. The lowest BCUT2D eigenvalue weighted by atomic mass is 10.3. The molecule has 0 rings (SSSR count). The standard InChI is InChI=1S/C4H10.CH5NO/c1-4(2)3;1-2-3/h4H,1-3H3;2-3H,1H3. The van der Waals surface area contributed by atoms with Crippen LogP contribution < -0.4 is 5.48 Å². The number of hydroxylamine groups is 1. The summed E-state index contributed by atoms with van der Waals surface area (Å²) in [6, 6.07) is 0. The summed E-state index contributed by atoms with van der Waals surface area (Å²) in [7, 11) is 1.43. The van der Waals surface area contributed by atoms with Gasteiger partial charge in [0.1, 0.15) is 0 Å². The molecule has 0 aromatic heterocycles. The third kappa shape index (κ3) is 14200. The third-order valence-corrected chi connectivity index (χ3v) is 0. The van der Waals surface area contributed by atoms with Crippen molar-refractivity contribution in [2.24, 2.45) is 5.92 Å². The summed E-state index contributed by atoms with van der Waals surface area (Å²) in [5.41, 5.74) is 1.75. The van der Waals surface area contributed by atoms with Crippen molar-refractivity contribution >= 4 is 0 Å². The zero-order valence-corrected chi connectivity index (χ0v) is 5.52. The van der Waals surface area contributed by atoms with E-state index < -0.39 is 0 Å². The van der Waals surface area contributed by atoms with Crippen LogP contribution >= 0.6 is 0 Å². The van der Waals surface area contributed by atoms with Gasteiger partial charge in [-0.05, 0) is 5.92 Å². The lowest BCUT2D eigenvalue weighted by Crippen LogP contribution is -1.91. The van der Waals surface area contributed by atoms with Crippen molar-refractivity contribution in [2.75, 3.05) is 7.05 Å². The van der Waals surface area contributed by atoms with E-state index in [9.17, 15) is 0 Å². The second-order valence-electron chi connectivity index (χ2n) is 1.96. The Labute approximate surface area is 45.5 Å². The highest BCUT2D eigenvalue weighted by molar-refractivity contribution is 4.20. The minimum absolute atomic E-state index is 0.833. The Morgan fingerprint density at radius 1 is 1.29 bits per heavy atom. The maximum atomic E-state index is 7.32. The van der Waals surface area contributed by atoms with Gasteiger partial charge in [0.05, 0.1) is 0 Å². The first-order valence-corrected chi connectivity index (χ1v) is 2.46. The van der Waals surface area contributed by atoms with Gasteiger partial charge in [0, 0.05) is 7.05 Å². The van der Waals surface area contributed by atoms with Crippen molar-refractivity contribution in [3.63, 3.8) is 0 Å². The van der Waals surface area contributed by atoms with E-state index >= 15 is 0 Å². The first-order valence-electron chi connectivity index (χ1n) is 2.46. The van der Waals surface area contributed by atoms with Crippen LogP contribution in [0, 0.1) is 5.92 Å². The van der Waals surface area contributed by atoms with Crippen LogP contribution in [-0.2, 0) is 0 Å². The SMILES string of the molecule is CC(C)C.CNO. The van der Waals surface area contributed by atoms with Gasteiger partial charge in [-0.2, -0.15) is 0 Å². The smallest absolute Gasteiger partial charge is 0.00929 e. The van der Waals surface area contributed by atoms with Gasteiger partial charge < -0.3 is 5.21 Å². The molecule has 0 saturated carbocycles. The molecule has 0 bridgehead atoms. The molecule has 0 radical (unpaired) electrons. The van der Waals surface area contributed by atoms with Crippen molar-refractivity contribution in [3.05, 3.63) is 0 Å². The van der Waals surface area contributed by atoms with Crippen LogP contribution in [0.3, 0.4) is 0 Å². The first kappa shape index (κ1) is 10.0. The molecular weight excluding hydrogens is 90.1 g/mol. The second kappa shape index (κ2) is 9.33. The average Bonchev–Trinajstić information content (AvgIpc) is 1.33. The van der Waals surface area contributed by atoms with Crippen LogP contribution in [0.15, 0.2) is 0 Å². The molecule has 0 aliphatic rings. The predicted molar refractivity (Wildman–Crippen MR) is 31.4 cm³/mol. The summed E-state index contributed by atoms with van der Waals surface area (Å²) in [4.78, 5) is 0. The fraction of sp³-hybridized carbons (Fsp3) is 1.00. The molecule has 0 aliphatic heterocycles. The predicted octanol–water partition coefficient (Wildman–Crippen LogP) is 1.26. The Balaban J connectivity index is 0. The van der Waals surface area contributed by atoms with Crippen LogP contribution in [0.5, 0.6) is 0 Å². The van der Waals surface area contributed by atoms with Crippen LogP contribution in [0.1, 0.15) is 20.8 Å². The topological polar surface area (TPSA) is 32.3 Å². The first-order chi connectivity index (χ1) is 3.15. The van der Waals surface area contributed by atoms with E-state index in [4.69, 9.17) is 5.21 Å². The minimum atomic E-state index is 0.833. The summed E-state index contributed by atoms with van der Waals surface area (Å²) in [5.74, 6) is 0.833. The molecular formula is C5H15NO. The van der Waals surface area contributed by atoms with E-state index in [1.165, 1.54) is 7.05 Å². The molecule has 0 amide bonds. The second-order valence-corrected chi connectivity index (χ2v) is 1.96. The Morgan fingerprint density at radius 2 is 1.29 bits per heavy atom. The molecule has 0 aromatic carbocycles. The number of nitrogens with one attached hydrogen (secondary N) is 1. The molecule has 7 heavy (non-hydrogen) atoms. The van der Waals surface area contributed by atoms with Gasteiger partial charge in [-0.25, -0.2) is 5.48 Å². The van der Waals surface area contributed by atoms with E-state index in [1.807, 2.05) is 0 Å². The maximum absolute atomic E-state index is 7.32. The summed E-state index contributed by atoms with van der Waals surface area (Å²) in [6.07, 6.45) is 0. The van der Waals surface area contributed by atoms with Gasteiger partial charge in [0.2, 0.25) is 0 Å². The van der Waals surface area contributed by atoms with Crippen molar-refractivity contribution in [3.8, 4) is 0 Å². The Hall–Kier alpha value is -0.0800. The Bertz CT molecular complexity index is 19.3. The number of hydrogen-bond acceptors (Lipinski definition) is 2. The third-order valence-electron chi connectivity index (χ3n) is 0. The molecule has 46 valence electrons. The minimum Gasteiger partial charge on any atom is -0.317 e. The molecule has 2 nitrogen and oxygen atoms in total. The zero-order chi connectivity index (χ0) is 6.28. The lowest BCUT2D eigenvalue weighted by molar-refractivity contribution is 0.194. The van der Waals surface area contributed by atoms with E-state index in [0.29, 0.717) is 0 Å². The van der Waals surface area contributed by atoms with Gasteiger partial charge in [-0.15, -0.1) is 0 Å². The molecule has 0 spiro atoms. The summed E-state index contributed by atoms with van der Waals surface area (Å²) < 4.78 is 0. The van der Waals surface area contributed by atoms with Gasteiger partial charge in [0.15, 0.2) is 0 Å². The summed E-state index contributed by atoms with van der Waals surface area (Å²) in [6.45, 7) is 6.50. The van der Waals surface area contributed by atoms with Crippen molar-refractivity contribution in [1.29, 1.82) is 0 Å². The molecule has 0 aromatic rings. The van der Waals surface area contributed by atoms with Crippen molar-refractivity contribution in [1.82, 2.24) is 5.48 Å². The highest BCUT2D eigenvalue weighted by Crippen LogP contribution is 1.81.